The van der Waals surface area contributed by atoms with Crippen molar-refractivity contribution in [2.75, 3.05) is 27.0 Å². The maximum Gasteiger partial charge on any atom is 0.231 e. The lowest BCUT2D eigenvalue weighted by Gasteiger charge is -2.38. The SMILES string of the molecule is COc1cc2c(cc1CC1(O)CNC1)OCO2. The summed E-state index contributed by atoms with van der Waals surface area (Å²) in [6.45, 7) is 1.48. The molecule has 3 rings (SSSR count). The second-order valence-electron chi connectivity index (χ2n) is 4.52. The number of rotatable bonds is 3. The van der Waals surface area contributed by atoms with Crippen molar-refractivity contribution in [3.63, 3.8) is 0 Å². The molecule has 0 saturated carbocycles. The minimum atomic E-state index is -0.666. The average Bonchev–Trinajstić information content (AvgIpc) is 2.72. The van der Waals surface area contributed by atoms with Crippen LogP contribution in [0.2, 0.25) is 0 Å². The monoisotopic (exact) mass is 237 g/mol. The molecule has 2 N–H and O–H groups in total. The third-order valence-electron chi connectivity index (χ3n) is 3.20. The lowest BCUT2D eigenvalue weighted by molar-refractivity contribution is -0.00945. The quantitative estimate of drug-likeness (QED) is 0.792. The van der Waals surface area contributed by atoms with Crippen molar-refractivity contribution in [2.24, 2.45) is 0 Å². The van der Waals surface area contributed by atoms with Crippen LogP contribution < -0.4 is 19.5 Å². The van der Waals surface area contributed by atoms with E-state index in [0.29, 0.717) is 25.3 Å². The molecular weight excluding hydrogens is 222 g/mol. The van der Waals surface area contributed by atoms with Gasteiger partial charge in [-0.25, -0.2) is 0 Å². The van der Waals surface area contributed by atoms with Crippen LogP contribution in [0.25, 0.3) is 0 Å². The number of benzene rings is 1. The van der Waals surface area contributed by atoms with Crippen LogP contribution in [-0.4, -0.2) is 37.7 Å². The van der Waals surface area contributed by atoms with Gasteiger partial charge >= 0.3 is 0 Å². The van der Waals surface area contributed by atoms with Gasteiger partial charge in [-0.3, -0.25) is 0 Å². The summed E-state index contributed by atoms with van der Waals surface area (Å²) < 4.78 is 15.9. The van der Waals surface area contributed by atoms with Gasteiger partial charge in [-0.1, -0.05) is 0 Å². The Hall–Kier alpha value is -1.46. The summed E-state index contributed by atoms with van der Waals surface area (Å²) in [5.74, 6) is 2.15. The normalized spacial score (nSPS) is 19.9. The number of aliphatic hydroxyl groups is 1. The van der Waals surface area contributed by atoms with E-state index in [-0.39, 0.29) is 6.79 Å². The Labute approximate surface area is 99.3 Å². The molecule has 0 unspecified atom stereocenters. The van der Waals surface area contributed by atoms with E-state index in [4.69, 9.17) is 14.2 Å². The van der Waals surface area contributed by atoms with E-state index in [9.17, 15) is 5.11 Å². The fourth-order valence-electron chi connectivity index (χ4n) is 2.19. The van der Waals surface area contributed by atoms with Crippen LogP contribution in [-0.2, 0) is 6.42 Å². The van der Waals surface area contributed by atoms with E-state index < -0.39 is 5.60 Å². The largest absolute Gasteiger partial charge is 0.496 e. The number of nitrogens with one attached hydrogen (secondary N) is 1. The van der Waals surface area contributed by atoms with Crippen molar-refractivity contribution >= 4 is 0 Å². The van der Waals surface area contributed by atoms with Crippen LogP contribution in [0.4, 0.5) is 0 Å². The first-order valence-corrected chi connectivity index (χ1v) is 5.60. The first-order chi connectivity index (χ1) is 8.20. The molecule has 5 heteroatoms. The van der Waals surface area contributed by atoms with E-state index in [0.717, 1.165) is 17.1 Å². The van der Waals surface area contributed by atoms with Gasteiger partial charge in [-0.05, 0) is 6.07 Å². The van der Waals surface area contributed by atoms with Gasteiger partial charge < -0.3 is 24.6 Å². The van der Waals surface area contributed by atoms with Crippen molar-refractivity contribution in [1.29, 1.82) is 0 Å². The fourth-order valence-corrected chi connectivity index (χ4v) is 2.19. The molecule has 1 fully saturated rings. The highest BCUT2D eigenvalue weighted by Gasteiger charge is 2.35. The van der Waals surface area contributed by atoms with Gasteiger partial charge in [0, 0.05) is 31.1 Å². The van der Waals surface area contributed by atoms with Gasteiger partial charge in [-0.15, -0.1) is 0 Å². The van der Waals surface area contributed by atoms with E-state index >= 15 is 0 Å². The molecule has 0 aromatic heterocycles. The van der Waals surface area contributed by atoms with E-state index in [1.165, 1.54) is 0 Å². The second kappa shape index (κ2) is 3.78. The third-order valence-corrected chi connectivity index (χ3v) is 3.20. The van der Waals surface area contributed by atoms with Gasteiger partial charge in [0.2, 0.25) is 6.79 Å². The van der Waals surface area contributed by atoms with E-state index in [1.807, 2.05) is 12.1 Å². The van der Waals surface area contributed by atoms with Crippen LogP contribution in [0, 0.1) is 0 Å². The summed E-state index contributed by atoms with van der Waals surface area (Å²) in [4.78, 5) is 0. The highest BCUT2D eigenvalue weighted by Crippen LogP contribution is 2.39. The number of β-amino-alcohol motifs (C(OH)–C–C–N with tert-alkyl or cyclic N) is 1. The first-order valence-electron chi connectivity index (χ1n) is 5.60. The van der Waals surface area contributed by atoms with Gasteiger partial charge in [0.1, 0.15) is 5.75 Å². The number of hydrogen-bond donors (Lipinski definition) is 2. The van der Waals surface area contributed by atoms with Gasteiger partial charge in [0.05, 0.1) is 12.7 Å². The lowest BCUT2D eigenvalue weighted by Crippen LogP contribution is -2.60. The molecule has 0 bridgehead atoms. The molecule has 1 aromatic carbocycles. The molecule has 92 valence electrons. The molecular formula is C12H15NO4. The zero-order chi connectivity index (χ0) is 11.9. The zero-order valence-corrected chi connectivity index (χ0v) is 9.66. The van der Waals surface area contributed by atoms with E-state index in [2.05, 4.69) is 5.32 Å². The summed E-state index contributed by atoms with van der Waals surface area (Å²) in [6.07, 6.45) is 0.555. The number of fused-ring (bicyclic) bond motifs is 1. The molecule has 5 nitrogen and oxygen atoms in total. The smallest absolute Gasteiger partial charge is 0.231 e. The molecule has 2 heterocycles. The minimum absolute atomic E-state index is 0.244. The maximum atomic E-state index is 10.1. The number of ether oxygens (including phenoxy) is 3. The Bertz CT molecular complexity index is 442. The molecule has 17 heavy (non-hydrogen) atoms. The van der Waals surface area contributed by atoms with Crippen LogP contribution in [0.15, 0.2) is 12.1 Å². The van der Waals surface area contributed by atoms with Crippen molar-refractivity contribution in [3.8, 4) is 17.2 Å². The first kappa shape index (κ1) is 10.7. The van der Waals surface area contributed by atoms with Crippen LogP contribution in [0.1, 0.15) is 5.56 Å². The lowest BCUT2D eigenvalue weighted by atomic mass is 9.88. The van der Waals surface area contributed by atoms with Crippen molar-refractivity contribution < 1.29 is 19.3 Å². The van der Waals surface area contributed by atoms with Crippen LogP contribution in [0.5, 0.6) is 17.2 Å². The third kappa shape index (κ3) is 1.81. The van der Waals surface area contributed by atoms with Crippen molar-refractivity contribution in [1.82, 2.24) is 5.32 Å². The molecule has 0 atom stereocenters. The Morgan fingerprint density at radius 3 is 2.65 bits per heavy atom. The summed E-state index contributed by atoms with van der Waals surface area (Å²) in [5, 5.41) is 13.2. The van der Waals surface area contributed by atoms with Crippen molar-refractivity contribution in [3.05, 3.63) is 17.7 Å². The molecule has 0 aliphatic carbocycles. The predicted molar refractivity (Wildman–Crippen MR) is 60.6 cm³/mol. The summed E-state index contributed by atoms with van der Waals surface area (Å²) in [7, 11) is 1.62. The Morgan fingerprint density at radius 2 is 2.06 bits per heavy atom. The highest BCUT2D eigenvalue weighted by molar-refractivity contribution is 5.52. The maximum absolute atomic E-state index is 10.1. The molecule has 1 aromatic rings. The summed E-state index contributed by atoms with van der Waals surface area (Å²) >= 11 is 0. The van der Waals surface area contributed by atoms with Gasteiger partial charge in [0.25, 0.3) is 0 Å². The average molecular weight is 237 g/mol. The topological polar surface area (TPSA) is 60.0 Å². The predicted octanol–water partition coefficient (Wildman–Crippen LogP) is 0.301. The fraction of sp³-hybridized carbons (Fsp3) is 0.500. The number of methoxy groups -OCH3 is 1. The molecule has 0 amide bonds. The van der Waals surface area contributed by atoms with E-state index in [1.54, 1.807) is 7.11 Å². The molecule has 1 saturated heterocycles. The minimum Gasteiger partial charge on any atom is -0.496 e. The summed E-state index contributed by atoms with van der Waals surface area (Å²) in [5.41, 5.74) is 0.279. The molecule has 2 aliphatic rings. The van der Waals surface area contributed by atoms with Gasteiger partial charge in [-0.2, -0.15) is 0 Å². The Morgan fingerprint density at radius 1 is 1.35 bits per heavy atom. The second-order valence-corrected chi connectivity index (χ2v) is 4.52. The van der Waals surface area contributed by atoms with Crippen LogP contribution in [0.3, 0.4) is 0 Å². The Kier molecular flexibility index (Phi) is 2.38. The number of hydrogen-bond acceptors (Lipinski definition) is 5. The molecule has 2 aliphatic heterocycles. The van der Waals surface area contributed by atoms with Crippen LogP contribution >= 0.6 is 0 Å². The zero-order valence-electron chi connectivity index (χ0n) is 9.66. The highest BCUT2D eigenvalue weighted by atomic mass is 16.7. The van der Waals surface area contributed by atoms with Gasteiger partial charge in [0.15, 0.2) is 11.5 Å². The molecule has 0 radical (unpaired) electrons. The Balaban J connectivity index is 1.92. The molecule has 0 spiro atoms. The van der Waals surface area contributed by atoms with Crippen molar-refractivity contribution in [2.45, 2.75) is 12.0 Å². The summed E-state index contributed by atoms with van der Waals surface area (Å²) in [6, 6.07) is 3.70. The standard InChI is InChI=1S/C12H15NO4/c1-15-9-3-11-10(16-7-17-11)2-8(9)4-12(14)5-13-6-12/h2-3,13-14H,4-7H2,1H3.